The van der Waals surface area contributed by atoms with Gasteiger partial charge >= 0.3 is 5.69 Å². The largest absolute Gasteiger partial charge is 0.305 e. The van der Waals surface area contributed by atoms with Crippen LogP contribution >= 0.6 is 11.3 Å². The lowest BCUT2D eigenvalue weighted by Crippen LogP contribution is -2.21. The van der Waals surface area contributed by atoms with Gasteiger partial charge in [-0.15, -0.1) is 11.3 Å². The second-order valence-corrected chi connectivity index (χ2v) is 5.29. The van der Waals surface area contributed by atoms with Gasteiger partial charge in [0, 0.05) is 35.8 Å². The molecular weight excluding hydrogens is 300 g/mol. The molecule has 2 aromatic rings. The SMILES string of the molecule is CCC(NCc1cc([N+](=O)[O-])c(F)cc1F)c1nccs1. The van der Waals surface area contributed by atoms with E-state index in [1.54, 1.807) is 6.20 Å². The predicted molar refractivity (Wildman–Crippen MR) is 75.0 cm³/mol. The van der Waals surface area contributed by atoms with Gasteiger partial charge in [-0.3, -0.25) is 10.1 Å². The van der Waals surface area contributed by atoms with Gasteiger partial charge in [-0.05, 0) is 6.42 Å². The third-order valence-electron chi connectivity index (χ3n) is 3.01. The van der Waals surface area contributed by atoms with E-state index in [1.807, 2.05) is 12.3 Å². The van der Waals surface area contributed by atoms with Crippen LogP contribution in [0.2, 0.25) is 0 Å². The summed E-state index contributed by atoms with van der Waals surface area (Å²) in [5, 5.41) is 16.5. The summed E-state index contributed by atoms with van der Waals surface area (Å²) in [6.07, 6.45) is 2.41. The van der Waals surface area contributed by atoms with Gasteiger partial charge in [-0.1, -0.05) is 6.92 Å². The first-order chi connectivity index (χ1) is 10.0. The van der Waals surface area contributed by atoms with Crippen molar-refractivity contribution in [3.8, 4) is 0 Å². The standard InChI is InChI=1S/C13H13F2N3O2S/c1-2-11(13-16-3-4-21-13)17-7-8-5-12(18(19)20)10(15)6-9(8)14/h3-6,11,17H,2,7H2,1H3. The fourth-order valence-corrected chi connectivity index (χ4v) is 2.70. The van der Waals surface area contributed by atoms with Crippen molar-refractivity contribution in [2.24, 2.45) is 0 Å². The number of hydrogen-bond donors (Lipinski definition) is 1. The monoisotopic (exact) mass is 313 g/mol. The summed E-state index contributed by atoms with van der Waals surface area (Å²) in [5.74, 6) is -1.98. The van der Waals surface area contributed by atoms with E-state index >= 15 is 0 Å². The maximum Gasteiger partial charge on any atom is 0.305 e. The van der Waals surface area contributed by atoms with E-state index in [4.69, 9.17) is 0 Å². The average Bonchev–Trinajstić information content (AvgIpc) is 2.95. The minimum atomic E-state index is -1.17. The van der Waals surface area contributed by atoms with Crippen LogP contribution < -0.4 is 5.32 Å². The van der Waals surface area contributed by atoms with Gasteiger partial charge in [0.2, 0.25) is 5.82 Å². The zero-order valence-electron chi connectivity index (χ0n) is 11.2. The van der Waals surface area contributed by atoms with Crippen molar-refractivity contribution in [3.05, 3.63) is 56.0 Å². The van der Waals surface area contributed by atoms with Crippen molar-refractivity contribution in [1.82, 2.24) is 10.3 Å². The molecule has 1 aromatic heterocycles. The Morgan fingerprint density at radius 3 is 2.76 bits per heavy atom. The Morgan fingerprint density at radius 1 is 1.43 bits per heavy atom. The number of rotatable bonds is 6. The first-order valence-corrected chi connectivity index (χ1v) is 7.16. The maximum atomic E-state index is 13.7. The molecule has 0 fully saturated rings. The molecule has 0 bridgehead atoms. The molecule has 112 valence electrons. The lowest BCUT2D eigenvalue weighted by Gasteiger charge is -2.14. The molecule has 1 atom stereocenters. The number of nitrogens with one attached hydrogen (secondary N) is 1. The number of hydrogen-bond acceptors (Lipinski definition) is 5. The molecule has 21 heavy (non-hydrogen) atoms. The Kier molecular flexibility index (Phi) is 4.92. The molecule has 0 radical (unpaired) electrons. The zero-order valence-corrected chi connectivity index (χ0v) is 12.0. The molecule has 1 N–H and O–H groups in total. The van der Waals surface area contributed by atoms with E-state index in [2.05, 4.69) is 10.3 Å². The third-order valence-corrected chi connectivity index (χ3v) is 3.90. The quantitative estimate of drug-likeness (QED) is 0.654. The van der Waals surface area contributed by atoms with Crippen molar-refractivity contribution in [3.63, 3.8) is 0 Å². The van der Waals surface area contributed by atoms with E-state index < -0.39 is 22.2 Å². The van der Waals surface area contributed by atoms with E-state index in [0.29, 0.717) is 6.07 Å². The second-order valence-electron chi connectivity index (χ2n) is 4.36. The van der Waals surface area contributed by atoms with E-state index in [-0.39, 0.29) is 18.2 Å². The summed E-state index contributed by atoms with van der Waals surface area (Å²) in [6, 6.07) is 1.39. The van der Waals surface area contributed by atoms with Crippen LogP contribution in [0.25, 0.3) is 0 Å². The molecular formula is C13H13F2N3O2S. The van der Waals surface area contributed by atoms with Crippen LogP contribution in [0.1, 0.15) is 30.0 Å². The smallest absolute Gasteiger partial charge is 0.304 e. The second kappa shape index (κ2) is 6.68. The van der Waals surface area contributed by atoms with Crippen molar-refractivity contribution in [1.29, 1.82) is 0 Å². The summed E-state index contributed by atoms with van der Waals surface area (Å²) in [5.41, 5.74) is -0.673. The van der Waals surface area contributed by atoms with Crippen LogP contribution in [0, 0.1) is 21.7 Å². The molecule has 1 aromatic carbocycles. The van der Waals surface area contributed by atoms with Gasteiger partial charge in [-0.25, -0.2) is 9.37 Å². The number of nitrogens with zero attached hydrogens (tertiary/aromatic N) is 2. The summed E-state index contributed by atoms with van der Waals surface area (Å²) in [7, 11) is 0. The highest BCUT2D eigenvalue weighted by Crippen LogP contribution is 2.23. The van der Waals surface area contributed by atoms with Gasteiger partial charge in [0.05, 0.1) is 11.0 Å². The molecule has 0 spiro atoms. The number of benzene rings is 1. The number of nitro benzene ring substituents is 1. The van der Waals surface area contributed by atoms with E-state index in [9.17, 15) is 18.9 Å². The highest BCUT2D eigenvalue weighted by atomic mass is 32.1. The minimum Gasteiger partial charge on any atom is -0.304 e. The topological polar surface area (TPSA) is 68.1 Å². The summed E-state index contributed by atoms with van der Waals surface area (Å²) >= 11 is 1.47. The Bertz CT molecular complexity index is 635. The van der Waals surface area contributed by atoms with Crippen molar-refractivity contribution in [2.75, 3.05) is 0 Å². The number of thiazole rings is 1. The van der Waals surface area contributed by atoms with Crippen molar-refractivity contribution >= 4 is 17.0 Å². The Labute approximate surface area is 123 Å². The van der Waals surface area contributed by atoms with Crippen LogP contribution in [0.3, 0.4) is 0 Å². The molecule has 0 saturated heterocycles. The summed E-state index contributed by atoms with van der Waals surface area (Å²) in [6.45, 7) is 2.01. The fourth-order valence-electron chi connectivity index (χ4n) is 1.90. The molecule has 1 unspecified atom stereocenters. The third kappa shape index (κ3) is 3.59. The van der Waals surface area contributed by atoms with Crippen LogP contribution in [0.4, 0.5) is 14.5 Å². The van der Waals surface area contributed by atoms with E-state index in [1.165, 1.54) is 11.3 Å². The van der Waals surface area contributed by atoms with Crippen molar-refractivity contribution in [2.45, 2.75) is 25.9 Å². The Hall–Kier alpha value is -1.93. The number of aromatic nitrogens is 1. The molecule has 2 rings (SSSR count). The van der Waals surface area contributed by atoms with Gasteiger partial charge < -0.3 is 5.32 Å². The Morgan fingerprint density at radius 2 is 2.19 bits per heavy atom. The van der Waals surface area contributed by atoms with Gasteiger partial charge in [0.25, 0.3) is 0 Å². The van der Waals surface area contributed by atoms with Crippen LogP contribution in [0.5, 0.6) is 0 Å². The van der Waals surface area contributed by atoms with Gasteiger partial charge in [-0.2, -0.15) is 4.39 Å². The summed E-state index contributed by atoms with van der Waals surface area (Å²) < 4.78 is 26.9. The zero-order chi connectivity index (χ0) is 15.4. The molecule has 0 saturated carbocycles. The molecule has 8 heteroatoms. The van der Waals surface area contributed by atoms with Gasteiger partial charge in [0.1, 0.15) is 10.8 Å². The maximum absolute atomic E-state index is 13.7. The van der Waals surface area contributed by atoms with Crippen molar-refractivity contribution < 1.29 is 13.7 Å². The Balaban J connectivity index is 2.16. The highest BCUT2D eigenvalue weighted by Gasteiger charge is 2.19. The molecule has 5 nitrogen and oxygen atoms in total. The molecule has 0 aliphatic carbocycles. The lowest BCUT2D eigenvalue weighted by molar-refractivity contribution is -0.387. The van der Waals surface area contributed by atoms with Crippen LogP contribution in [-0.4, -0.2) is 9.91 Å². The van der Waals surface area contributed by atoms with E-state index in [0.717, 1.165) is 17.5 Å². The van der Waals surface area contributed by atoms with Crippen LogP contribution in [0.15, 0.2) is 23.7 Å². The summed E-state index contributed by atoms with van der Waals surface area (Å²) in [4.78, 5) is 14.0. The molecule has 0 aliphatic heterocycles. The predicted octanol–water partition coefficient (Wildman–Crippen LogP) is 3.57. The van der Waals surface area contributed by atoms with Crippen LogP contribution in [-0.2, 0) is 6.54 Å². The van der Waals surface area contributed by atoms with Gasteiger partial charge in [0.15, 0.2) is 0 Å². The molecule has 0 aliphatic rings. The first kappa shape index (κ1) is 15.5. The average molecular weight is 313 g/mol. The fraction of sp³-hybridized carbons (Fsp3) is 0.308. The highest BCUT2D eigenvalue weighted by molar-refractivity contribution is 7.09. The molecule has 0 amide bonds. The number of halogens is 2. The minimum absolute atomic E-state index is 0.0538. The normalized spacial score (nSPS) is 12.3. The molecule has 1 heterocycles. The lowest BCUT2D eigenvalue weighted by atomic mass is 10.1. The number of nitro groups is 1. The first-order valence-electron chi connectivity index (χ1n) is 6.28.